The molecule has 0 atom stereocenters. The molecule has 234 valence electrons. The Balaban J connectivity index is 1.24. The number of likely N-dealkylation sites (N-methyl/N-ethyl adjacent to an activating group) is 1. The van der Waals surface area contributed by atoms with E-state index in [0.717, 1.165) is 24.1 Å². The van der Waals surface area contributed by atoms with Gasteiger partial charge in [-0.25, -0.2) is 0 Å². The number of ether oxygens (including phenoxy) is 2. The van der Waals surface area contributed by atoms with Gasteiger partial charge in [0.1, 0.15) is 16.9 Å². The third-order valence-electron chi connectivity index (χ3n) is 7.88. The fourth-order valence-corrected chi connectivity index (χ4v) is 5.25. The summed E-state index contributed by atoms with van der Waals surface area (Å²) in [6.07, 6.45) is 3.33. The first-order valence-corrected chi connectivity index (χ1v) is 15.0. The molecule has 3 aromatic rings. The summed E-state index contributed by atoms with van der Waals surface area (Å²) in [6, 6.07) is 16.8. The van der Waals surface area contributed by atoms with Crippen LogP contribution in [0.15, 0.2) is 60.8 Å². The maximum absolute atomic E-state index is 13.1. The molecule has 1 N–H and O–H groups in total. The van der Waals surface area contributed by atoms with Crippen molar-refractivity contribution in [2.75, 3.05) is 57.2 Å². The molecule has 1 aromatic heterocycles. The molecule has 4 rings (SSSR count). The number of pyridine rings is 1. The van der Waals surface area contributed by atoms with Gasteiger partial charge in [-0.15, -0.1) is 0 Å². The van der Waals surface area contributed by atoms with E-state index in [0.29, 0.717) is 61.2 Å². The molecule has 0 aliphatic carbocycles. The molecule has 0 radical (unpaired) electrons. The van der Waals surface area contributed by atoms with Gasteiger partial charge in [-0.05, 0) is 81.6 Å². The minimum Gasteiger partial charge on any atom is -0.497 e. The number of anilines is 2. The number of benzene rings is 2. The molecule has 0 fully saturated rings. The molecule has 44 heavy (non-hydrogen) atoms. The average molecular weight is 602 g/mol. The molecular weight excluding hydrogens is 558 g/mol. The van der Waals surface area contributed by atoms with Crippen LogP contribution in [0, 0.1) is 5.41 Å². The SMILES string of the molecule is CCN1C(=O)C(C)(C)C(=O)N(C)c2cc(OCCCc3cc(CNCCN(C)C(=O)c4cccc(OC)c4)ccn3)ccc21. The van der Waals surface area contributed by atoms with E-state index in [1.807, 2.05) is 49.5 Å². The van der Waals surface area contributed by atoms with Gasteiger partial charge in [0, 0.05) is 63.8 Å². The maximum atomic E-state index is 13.1. The number of hydrogen-bond donors (Lipinski definition) is 1. The Morgan fingerprint density at radius 2 is 1.82 bits per heavy atom. The average Bonchev–Trinajstić information content (AvgIpc) is 3.09. The van der Waals surface area contributed by atoms with Crippen molar-refractivity contribution in [2.45, 2.75) is 40.2 Å². The van der Waals surface area contributed by atoms with Gasteiger partial charge in [0.05, 0.1) is 25.1 Å². The highest BCUT2D eigenvalue weighted by Crippen LogP contribution is 2.40. The molecule has 0 unspecified atom stereocenters. The minimum atomic E-state index is -1.14. The number of aromatic nitrogens is 1. The molecule has 3 amide bonds. The van der Waals surface area contributed by atoms with Crippen LogP contribution in [0.2, 0.25) is 0 Å². The summed E-state index contributed by atoms with van der Waals surface area (Å²) in [4.78, 5) is 48.3. The smallest absolute Gasteiger partial charge is 0.253 e. The van der Waals surface area contributed by atoms with Gasteiger partial charge >= 0.3 is 0 Å². The van der Waals surface area contributed by atoms with Gasteiger partial charge in [-0.1, -0.05) is 6.07 Å². The highest BCUT2D eigenvalue weighted by molar-refractivity contribution is 6.20. The number of aryl methyl sites for hydroxylation is 1. The van der Waals surface area contributed by atoms with Crippen LogP contribution in [0.5, 0.6) is 11.5 Å². The third kappa shape index (κ3) is 7.37. The Labute approximate surface area is 260 Å². The molecule has 10 heteroatoms. The van der Waals surface area contributed by atoms with Crippen molar-refractivity contribution in [2.24, 2.45) is 5.41 Å². The van der Waals surface area contributed by atoms with Crippen LogP contribution in [-0.4, -0.2) is 75.1 Å². The number of nitrogens with one attached hydrogen (secondary N) is 1. The normalized spacial score (nSPS) is 14.2. The lowest BCUT2D eigenvalue weighted by molar-refractivity contribution is -0.137. The van der Waals surface area contributed by atoms with Crippen LogP contribution in [-0.2, 0) is 22.6 Å². The van der Waals surface area contributed by atoms with E-state index in [1.165, 1.54) is 0 Å². The molecule has 1 aliphatic rings. The first-order chi connectivity index (χ1) is 21.1. The van der Waals surface area contributed by atoms with Crippen LogP contribution >= 0.6 is 0 Å². The predicted octanol–water partition coefficient (Wildman–Crippen LogP) is 4.32. The molecule has 10 nitrogen and oxygen atoms in total. The van der Waals surface area contributed by atoms with Crippen molar-refractivity contribution in [1.82, 2.24) is 15.2 Å². The highest BCUT2D eigenvalue weighted by atomic mass is 16.5. The van der Waals surface area contributed by atoms with Gasteiger partial charge in [0.15, 0.2) is 0 Å². The maximum Gasteiger partial charge on any atom is 0.253 e. The predicted molar refractivity (Wildman–Crippen MR) is 171 cm³/mol. The van der Waals surface area contributed by atoms with Crippen LogP contribution in [0.1, 0.15) is 48.8 Å². The zero-order chi connectivity index (χ0) is 31.9. The number of carbonyl (C=O) groups is 3. The molecule has 0 saturated heterocycles. The van der Waals surface area contributed by atoms with Crippen molar-refractivity contribution in [3.05, 3.63) is 77.6 Å². The number of carbonyl (C=O) groups excluding carboxylic acids is 3. The number of fused-ring (bicyclic) bond motifs is 1. The van der Waals surface area contributed by atoms with Gasteiger partial charge in [0.2, 0.25) is 11.8 Å². The third-order valence-corrected chi connectivity index (χ3v) is 7.88. The monoisotopic (exact) mass is 601 g/mol. The van der Waals surface area contributed by atoms with Gasteiger partial charge in [-0.3, -0.25) is 19.4 Å². The molecule has 2 aromatic carbocycles. The molecule has 2 heterocycles. The van der Waals surface area contributed by atoms with Crippen molar-refractivity contribution in [1.29, 1.82) is 0 Å². The summed E-state index contributed by atoms with van der Waals surface area (Å²) < 4.78 is 11.3. The standard InChI is InChI=1S/C34H43N5O5/c1-7-39-29-14-13-28(22-30(29)38(5)32(41)34(2,3)33(39)42)44-19-9-11-26-20-24(15-16-36-26)23-35-17-18-37(4)31(40)25-10-8-12-27(21-25)43-6/h8,10,12-16,20-22,35H,7,9,11,17-19,23H2,1-6H3. The topological polar surface area (TPSA) is 104 Å². The lowest BCUT2D eigenvalue weighted by Crippen LogP contribution is -2.47. The lowest BCUT2D eigenvalue weighted by Gasteiger charge is -2.27. The van der Waals surface area contributed by atoms with E-state index in [9.17, 15) is 14.4 Å². The summed E-state index contributed by atoms with van der Waals surface area (Å²) in [5, 5.41) is 3.40. The van der Waals surface area contributed by atoms with Crippen molar-refractivity contribution >= 4 is 29.1 Å². The fourth-order valence-electron chi connectivity index (χ4n) is 5.25. The zero-order valence-corrected chi connectivity index (χ0v) is 26.6. The number of nitrogens with zero attached hydrogens (tertiary/aromatic N) is 4. The Bertz CT molecular complexity index is 1490. The first kappa shape index (κ1) is 32.5. The second-order valence-corrected chi connectivity index (χ2v) is 11.4. The number of hydrogen-bond acceptors (Lipinski definition) is 7. The Morgan fingerprint density at radius 1 is 1.02 bits per heavy atom. The molecule has 0 bridgehead atoms. The van der Waals surface area contributed by atoms with Crippen molar-refractivity contribution in [3.63, 3.8) is 0 Å². The summed E-state index contributed by atoms with van der Waals surface area (Å²) in [5.74, 6) is 0.806. The molecule has 0 spiro atoms. The van der Waals surface area contributed by atoms with Crippen molar-refractivity contribution < 1.29 is 23.9 Å². The van der Waals surface area contributed by atoms with Crippen LogP contribution in [0.3, 0.4) is 0 Å². The summed E-state index contributed by atoms with van der Waals surface area (Å²) in [5.41, 5.74) is 2.91. The van der Waals surface area contributed by atoms with E-state index in [-0.39, 0.29) is 17.7 Å². The van der Waals surface area contributed by atoms with E-state index in [1.54, 1.807) is 61.9 Å². The molecular formula is C34H43N5O5. The Kier molecular flexibility index (Phi) is 10.6. The first-order valence-electron chi connectivity index (χ1n) is 15.0. The largest absolute Gasteiger partial charge is 0.497 e. The molecule has 1 aliphatic heterocycles. The van der Waals surface area contributed by atoms with Gasteiger partial charge in [0.25, 0.3) is 5.91 Å². The lowest BCUT2D eigenvalue weighted by atomic mass is 9.90. The fraction of sp³-hybridized carbons (Fsp3) is 0.412. The van der Waals surface area contributed by atoms with Crippen LogP contribution < -0.4 is 24.6 Å². The summed E-state index contributed by atoms with van der Waals surface area (Å²) >= 11 is 0. The van der Waals surface area contributed by atoms with Crippen LogP contribution in [0.4, 0.5) is 11.4 Å². The van der Waals surface area contributed by atoms with E-state index in [2.05, 4.69) is 16.4 Å². The zero-order valence-electron chi connectivity index (χ0n) is 26.6. The van der Waals surface area contributed by atoms with Gasteiger partial charge in [-0.2, -0.15) is 0 Å². The molecule has 0 saturated carbocycles. The number of methoxy groups -OCH3 is 1. The minimum absolute atomic E-state index is 0.0486. The van der Waals surface area contributed by atoms with E-state index >= 15 is 0 Å². The van der Waals surface area contributed by atoms with Gasteiger partial charge < -0.3 is 29.5 Å². The Hall–Kier alpha value is -4.44. The second kappa shape index (κ2) is 14.4. The quantitative estimate of drug-likeness (QED) is 0.230. The number of amides is 3. The van der Waals surface area contributed by atoms with Crippen LogP contribution in [0.25, 0.3) is 0 Å². The summed E-state index contributed by atoms with van der Waals surface area (Å²) in [6.45, 7) is 8.10. The Morgan fingerprint density at radius 3 is 2.57 bits per heavy atom. The van der Waals surface area contributed by atoms with Crippen molar-refractivity contribution in [3.8, 4) is 11.5 Å². The second-order valence-electron chi connectivity index (χ2n) is 11.4. The summed E-state index contributed by atoms with van der Waals surface area (Å²) in [7, 11) is 5.08. The van der Waals surface area contributed by atoms with E-state index in [4.69, 9.17) is 9.47 Å². The number of rotatable bonds is 13. The van der Waals surface area contributed by atoms with E-state index < -0.39 is 5.41 Å². The highest BCUT2D eigenvalue weighted by Gasteiger charge is 2.45.